The predicted octanol–water partition coefficient (Wildman–Crippen LogP) is 2.50. The van der Waals surface area contributed by atoms with E-state index in [2.05, 4.69) is 9.88 Å². The van der Waals surface area contributed by atoms with Crippen LogP contribution in [0, 0.1) is 24.0 Å². The second kappa shape index (κ2) is 8.26. The number of ketones is 1. The standard InChI is InChI=1S/C20H21N3O6/c1-12-8-17(13(2)22(12)15-6-7-15)18(24)11-29-19(25)10-21-20(26)14-4-3-5-16(9-14)23(27)28/h3-5,8-9,15H,6-7,10-11H2,1-2H3,(H,21,26). The largest absolute Gasteiger partial charge is 0.456 e. The summed E-state index contributed by atoms with van der Waals surface area (Å²) >= 11 is 0. The van der Waals surface area contributed by atoms with Crippen LogP contribution < -0.4 is 5.32 Å². The summed E-state index contributed by atoms with van der Waals surface area (Å²) < 4.78 is 7.10. The molecule has 0 unspecified atom stereocenters. The van der Waals surface area contributed by atoms with E-state index in [9.17, 15) is 24.5 Å². The highest BCUT2D eigenvalue weighted by molar-refractivity contribution is 6.00. The highest BCUT2D eigenvalue weighted by atomic mass is 16.6. The summed E-state index contributed by atoms with van der Waals surface area (Å²) in [5.74, 6) is -1.72. The summed E-state index contributed by atoms with van der Waals surface area (Å²) in [6.07, 6.45) is 2.20. The summed E-state index contributed by atoms with van der Waals surface area (Å²) in [6, 6.07) is 7.39. The molecule has 3 rings (SSSR count). The third-order valence-electron chi connectivity index (χ3n) is 4.77. The first-order valence-corrected chi connectivity index (χ1v) is 9.18. The Bertz CT molecular complexity index is 990. The van der Waals surface area contributed by atoms with E-state index in [0.29, 0.717) is 11.6 Å². The number of nitrogens with zero attached hydrogens (tertiary/aromatic N) is 2. The Balaban J connectivity index is 1.50. The summed E-state index contributed by atoms with van der Waals surface area (Å²) in [7, 11) is 0. The van der Waals surface area contributed by atoms with Crippen molar-refractivity contribution < 1.29 is 24.0 Å². The lowest BCUT2D eigenvalue weighted by Crippen LogP contribution is -2.31. The number of carbonyl (C=O) groups is 3. The number of esters is 1. The Labute approximate surface area is 166 Å². The van der Waals surface area contributed by atoms with Crippen LogP contribution in [0.25, 0.3) is 0 Å². The quantitative estimate of drug-likeness (QED) is 0.315. The van der Waals surface area contributed by atoms with Crippen molar-refractivity contribution in [3.8, 4) is 0 Å². The number of aromatic nitrogens is 1. The number of aryl methyl sites for hydroxylation is 1. The summed E-state index contributed by atoms with van der Waals surface area (Å²) in [5, 5.41) is 13.1. The molecule has 0 bridgehead atoms. The number of non-ortho nitro benzene ring substituents is 1. The van der Waals surface area contributed by atoms with Crippen LogP contribution in [0.1, 0.15) is 51.0 Å². The van der Waals surface area contributed by atoms with Gasteiger partial charge in [-0.3, -0.25) is 24.5 Å². The number of ether oxygens (including phenoxy) is 1. The lowest BCUT2D eigenvalue weighted by atomic mass is 10.1. The van der Waals surface area contributed by atoms with Gasteiger partial charge in [0.25, 0.3) is 11.6 Å². The van der Waals surface area contributed by atoms with Crippen molar-refractivity contribution >= 4 is 23.3 Å². The first-order chi connectivity index (χ1) is 13.8. The summed E-state index contributed by atoms with van der Waals surface area (Å²) in [4.78, 5) is 46.4. The molecule has 0 aliphatic heterocycles. The molecule has 0 spiro atoms. The molecule has 9 heteroatoms. The zero-order valence-corrected chi connectivity index (χ0v) is 16.1. The van der Waals surface area contributed by atoms with Crippen molar-refractivity contribution in [1.29, 1.82) is 0 Å². The molecule has 152 valence electrons. The van der Waals surface area contributed by atoms with Gasteiger partial charge in [0.2, 0.25) is 5.78 Å². The van der Waals surface area contributed by atoms with Crippen molar-refractivity contribution in [1.82, 2.24) is 9.88 Å². The molecule has 0 radical (unpaired) electrons. The maximum absolute atomic E-state index is 12.4. The molecule has 1 fully saturated rings. The van der Waals surface area contributed by atoms with Gasteiger partial charge >= 0.3 is 5.97 Å². The molecular weight excluding hydrogens is 378 g/mol. The normalized spacial score (nSPS) is 13.0. The molecule has 1 amide bonds. The Morgan fingerprint density at radius 1 is 1.24 bits per heavy atom. The lowest BCUT2D eigenvalue weighted by Gasteiger charge is -2.08. The van der Waals surface area contributed by atoms with Crippen molar-refractivity contribution in [2.24, 2.45) is 0 Å². The smallest absolute Gasteiger partial charge is 0.325 e. The van der Waals surface area contributed by atoms with Crippen LogP contribution in [0.15, 0.2) is 30.3 Å². The maximum Gasteiger partial charge on any atom is 0.325 e. The second-order valence-electron chi connectivity index (χ2n) is 6.96. The Hall–Kier alpha value is -3.49. The Kier molecular flexibility index (Phi) is 5.76. The van der Waals surface area contributed by atoms with Crippen molar-refractivity contribution in [2.45, 2.75) is 32.7 Å². The fourth-order valence-corrected chi connectivity index (χ4v) is 3.24. The fraction of sp³-hybridized carbons (Fsp3) is 0.350. The predicted molar refractivity (Wildman–Crippen MR) is 103 cm³/mol. The molecule has 1 aliphatic rings. The number of nitro benzene ring substituents is 1. The van der Waals surface area contributed by atoms with Crippen LogP contribution in [0.5, 0.6) is 0 Å². The van der Waals surface area contributed by atoms with Gasteiger partial charge < -0.3 is 14.6 Å². The zero-order chi connectivity index (χ0) is 21.1. The van der Waals surface area contributed by atoms with Crippen LogP contribution in [-0.4, -0.2) is 40.3 Å². The SMILES string of the molecule is Cc1cc(C(=O)COC(=O)CNC(=O)c2cccc([N+](=O)[O-])c2)c(C)n1C1CC1. The average Bonchev–Trinajstić information content (AvgIpc) is 3.48. The molecule has 1 N–H and O–H groups in total. The number of nitrogens with one attached hydrogen (secondary N) is 1. The van der Waals surface area contributed by atoms with E-state index in [1.165, 1.54) is 18.2 Å². The molecule has 2 aromatic rings. The first-order valence-electron chi connectivity index (χ1n) is 9.18. The minimum atomic E-state index is -0.770. The molecule has 0 atom stereocenters. The topological polar surface area (TPSA) is 121 Å². The van der Waals surface area contributed by atoms with Gasteiger partial charge in [0, 0.05) is 40.7 Å². The zero-order valence-electron chi connectivity index (χ0n) is 16.1. The van der Waals surface area contributed by atoms with E-state index in [1.807, 2.05) is 13.8 Å². The molecule has 1 aromatic carbocycles. The lowest BCUT2D eigenvalue weighted by molar-refractivity contribution is -0.384. The summed E-state index contributed by atoms with van der Waals surface area (Å²) in [6.45, 7) is 2.95. The van der Waals surface area contributed by atoms with Gasteiger partial charge in [0.1, 0.15) is 6.54 Å². The van der Waals surface area contributed by atoms with Gasteiger partial charge in [-0.05, 0) is 38.8 Å². The maximum atomic E-state index is 12.4. The number of amides is 1. The number of hydrogen-bond acceptors (Lipinski definition) is 6. The molecule has 0 saturated heterocycles. The number of hydrogen-bond donors (Lipinski definition) is 1. The van der Waals surface area contributed by atoms with Crippen LogP contribution in [-0.2, 0) is 9.53 Å². The van der Waals surface area contributed by atoms with Crippen molar-refractivity contribution in [3.63, 3.8) is 0 Å². The first kappa shape index (κ1) is 20.2. The van der Waals surface area contributed by atoms with E-state index in [4.69, 9.17) is 4.74 Å². The third kappa shape index (κ3) is 4.68. The second-order valence-corrected chi connectivity index (χ2v) is 6.96. The fourth-order valence-electron chi connectivity index (χ4n) is 3.24. The van der Waals surface area contributed by atoms with Gasteiger partial charge in [-0.1, -0.05) is 6.07 Å². The highest BCUT2D eigenvalue weighted by Gasteiger charge is 2.28. The molecule has 1 saturated carbocycles. The summed E-state index contributed by atoms with van der Waals surface area (Å²) in [5.41, 5.74) is 2.22. The van der Waals surface area contributed by atoms with Crippen LogP contribution >= 0.6 is 0 Å². The average molecular weight is 399 g/mol. The number of Topliss-reactive ketones (excluding diaryl/α,β-unsaturated/α-hetero) is 1. The minimum Gasteiger partial charge on any atom is -0.456 e. The molecule has 9 nitrogen and oxygen atoms in total. The molecule has 1 aromatic heterocycles. The van der Waals surface area contributed by atoms with Crippen molar-refractivity contribution in [2.75, 3.05) is 13.2 Å². The highest BCUT2D eigenvalue weighted by Crippen LogP contribution is 2.38. The minimum absolute atomic E-state index is 0.0515. The third-order valence-corrected chi connectivity index (χ3v) is 4.77. The molecular formula is C20H21N3O6. The molecule has 1 aliphatic carbocycles. The molecule has 29 heavy (non-hydrogen) atoms. The monoisotopic (exact) mass is 399 g/mol. The van der Waals surface area contributed by atoms with Crippen LogP contribution in [0.4, 0.5) is 5.69 Å². The van der Waals surface area contributed by atoms with Gasteiger partial charge in [-0.2, -0.15) is 0 Å². The van der Waals surface area contributed by atoms with Crippen molar-refractivity contribution in [3.05, 3.63) is 63.0 Å². The van der Waals surface area contributed by atoms with Crippen LogP contribution in [0.2, 0.25) is 0 Å². The number of carbonyl (C=O) groups excluding carboxylic acids is 3. The van der Waals surface area contributed by atoms with E-state index >= 15 is 0 Å². The van der Waals surface area contributed by atoms with Gasteiger partial charge in [0.05, 0.1) is 4.92 Å². The Morgan fingerprint density at radius 3 is 2.62 bits per heavy atom. The number of rotatable bonds is 8. The Morgan fingerprint density at radius 2 is 1.97 bits per heavy atom. The van der Waals surface area contributed by atoms with Gasteiger partial charge in [0.15, 0.2) is 6.61 Å². The van der Waals surface area contributed by atoms with E-state index in [-0.39, 0.29) is 17.0 Å². The number of nitro groups is 1. The van der Waals surface area contributed by atoms with Crippen LogP contribution in [0.3, 0.4) is 0 Å². The number of benzene rings is 1. The van der Waals surface area contributed by atoms with E-state index in [1.54, 1.807) is 6.07 Å². The van der Waals surface area contributed by atoms with E-state index < -0.39 is 30.0 Å². The molecule has 1 heterocycles. The van der Waals surface area contributed by atoms with Gasteiger partial charge in [-0.25, -0.2) is 0 Å². The van der Waals surface area contributed by atoms with Gasteiger partial charge in [-0.15, -0.1) is 0 Å². The van der Waals surface area contributed by atoms with E-state index in [0.717, 1.165) is 30.3 Å².